The van der Waals surface area contributed by atoms with Crippen LogP contribution in [0.5, 0.6) is 11.5 Å². The number of aromatic nitrogens is 6. The van der Waals surface area contributed by atoms with Gasteiger partial charge >= 0.3 is 33.4 Å². The molecule has 4 aromatic rings. The molecule has 30 nitrogen and oxygen atoms in total. The summed E-state index contributed by atoms with van der Waals surface area (Å²) in [4.78, 5) is 97.9. The first-order chi connectivity index (χ1) is 32.6. The van der Waals surface area contributed by atoms with Crippen molar-refractivity contribution in [2.24, 2.45) is 0 Å². The Morgan fingerprint density at radius 2 is 1.75 bits per heavy atom. The number of likely N-dealkylation sites (N-methyl/N-ethyl adjacent to an activating group) is 1. The number of methoxy groups -OCH3 is 2. The summed E-state index contributed by atoms with van der Waals surface area (Å²) in [6.45, 7) is -0.655. The van der Waals surface area contributed by atoms with Crippen molar-refractivity contribution in [3.63, 3.8) is 0 Å². The number of nitro benzene ring substituents is 1. The quantitative estimate of drug-likeness (QED) is 0.0161. The summed E-state index contributed by atoms with van der Waals surface area (Å²) < 4.78 is 76.1. The molecule has 2 unspecified atom stereocenters. The van der Waals surface area contributed by atoms with Crippen molar-refractivity contribution in [1.82, 2.24) is 34.0 Å². The molecule has 2 aliphatic rings. The fourth-order valence-corrected chi connectivity index (χ4v) is 10.1. The van der Waals surface area contributed by atoms with Crippen molar-refractivity contribution in [3.8, 4) is 11.5 Å². The predicted octanol–water partition coefficient (Wildman–Crippen LogP) is 1.28. The van der Waals surface area contributed by atoms with Crippen LogP contribution in [0.4, 0.5) is 22.1 Å². The van der Waals surface area contributed by atoms with Gasteiger partial charge in [0.25, 0.3) is 5.69 Å². The second kappa shape index (κ2) is 22.7. The van der Waals surface area contributed by atoms with Crippen LogP contribution in [-0.2, 0) is 53.1 Å². The molecule has 3 aromatic heterocycles. The number of fused-ring (bicyclic) bond motifs is 1. The Morgan fingerprint density at radius 1 is 1.04 bits per heavy atom. The van der Waals surface area contributed by atoms with Gasteiger partial charge in [0.05, 0.1) is 50.3 Å². The van der Waals surface area contributed by atoms with Gasteiger partial charge in [0.1, 0.15) is 61.0 Å². The number of imidazole rings is 1. The number of aliphatic hydroxyl groups excluding tert-OH is 1. The van der Waals surface area contributed by atoms with E-state index in [0.717, 1.165) is 21.9 Å². The lowest BCUT2D eigenvalue weighted by Crippen LogP contribution is -2.48. The molecule has 2 fully saturated rings. The van der Waals surface area contributed by atoms with Gasteiger partial charge in [-0.25, -0.2) is 38.5 Å². The molecule has 0 spiro atoms. The highest BCUT2D eigenvalue weighted by Crippen LogP contribution is 2.50. The molecule has 69 heavy (non-hydrogen) atoms. The van der Waals surface area contributed by atoms with Gasteiger partial charge in [-0.3, -0.25) is 37.7 Å². The van der Waals surface area contributed by atoms with Gasteiger partial charge in [0.2, 0.25) is 0 Å². The average Bonchev–Trinajstić information content (AvgIpc) is 3.99. The summed E-state index contributed by atoms with van der Waals surface area (Å²) >= 11 is 0. The van der Waals surface area contributed by atoms with Crippen LogP contribution in [0.3, 0.4) is 0 Å². The zero-order valence-corrected chi connectivity index (χ0v) is 40.0. The summed E-state index contributed by atoms with van der Waals surface area (Å²) in [6, 6.07) is 2.14. The minimum absolute atomic E-state index is 0.0337. The fraction of sp³-hybridized carbons (Fsp3) is 0.514. The molecule has 5 heterocycles. The van der Waals surface area contributed by atoms with E-state index in [4.69, 9.17) is 48.9 Å². The van der Waals surface area contributed by atoms with Crippen LogP contribution in [0.15, 0.2) is 41.8 Å². The summed E-state index contributed by atoms with van der Waals surface area (Å²) in [5.74, 6) is -0.673. The molecular weight excluding hydrogens is 1010 g/mol. The number of nitro groups is 1. The molecule has 378 valence electrons. The van der Waals surface area contributed by atoms with E-state index >= 15 is 0 Å². The number of phosphoric acid groups is 2. The molecule has 0 saturated carbocycles. The molecule has 34 heteroatoms. The maximum absolute atomic E-state index is 14.2. The number of nitrogens with zero attached hydrogens (tertiary/aromatic N) is 8. The first-order valence-corrected chi connectivity index (χ1v) is 25.5. The largest absolute Gasteiger partial charge is 0.493 e. The summed E-state index contributed by atoms with van der Waals surface area (Å²) in [5, 5.41) is 23.7. The third-order valence-electron chi connectivity index (χ3n) is 10.2. The van der Waals surface area contributed by atoms with E-state index in [2.05, 4.69) is 24.5 Å². The normalized spacial score (nSPS) is 22.8. The number of phosphoric ester groups is 2. The second-order valence-corrected chi connectivity index (χ2v) is 20.0. The first kappa shape index (κ1) is 53.1. The van der Waals surface area contributed by atoms with Gasteiger partial charge in [-0.05, 0) is 12.1 Å². The van der Waals surface area contributed by atoms with E-state index in [0.29, 0.717) is 5.75 Å². The molecule has 6 rings (SSSR count). The smallest absolute Gasteiger partial charge is 0.472 e. The van der Waals surface area contributed by atoms with Crippen molar-refractivity contribution in [2.75, 3.05) is 57.5 Å². The zero-order valence-electron chi connectivity index (χ0n) is 36.6. The topological polar surface area (TPSA) is 409 Å². The van der Waals surface area contributed by atoms with Crippen molar-refractivity contribution in [1.29, 1.82) is 0 Å². The SMILES string of the molecule is CCSSC[C@@H](C(=O)O[C@@H]1[C@@H](COP(=O)(O)O[C@H]2C[C@H](n3ccc(N)nc3=O)O[C@@H]2COP(=O)(O)O)OC(n2cnc3c(N)ncnc32)[C@@H]1O)N(C)C(=O)OCc1cc(OC)c(OC)cc1[N+](=O)[O-]. The van der Waals surface area contributed by atoms with E-state index in [1.807, 2.05) is 6.92 Å². The molecule has 0 aliphatic carbocycles. The maximum atomic E-state index is 14.2. The Balaban J connectivity index is 1.23. The van der Waals surface area contributed by atoms with Gasteiger partial charge in [-0.15, -0.1) is 0 Å². The number of benzene rings is 1. The number of nitrogens with two attached hydrogens (primary N) is 2. The highest BCUT2D eigenvalue weighted by molar-refractivity contribution is 8.76. The number of anilines is 2. The van der Waals surface area contributed by atoms with Gasteiger partial charge in [-0.2, -0.15) is 4.98 Å². The molecule has 8 N–H and O–H groups in total. The van der Waals surface area contributed by atoms with E-state index in [9.17, 15) is 53.4 Å². The monoisotopic (exact) mass is 1050 g/mol. The summed E-state index contributed by atoms with van der Waals surface area (Å²) in [6.07, 6.45) is -8.96. The van der Waals surface area contributed by atoms with Crippen LogP contribution < -0.4 is 26.6 Å². The number of carbonyl (C=O) groups excluding carboxylic acids is 2. The van der Waals surface area contributed by atoms with Crippen molar-refractivity contribution >= 4 is 77.8 Å². The van der Waals surface area contributed by atoms with Gasteiger partial charge in [-0.1, -0.05) is 28.5 Å². The number of ether oxygens (including phenoxy) is 6. The average molecular weight is 1050 g/mol. The molecule has 1 amide bonds. The third kappa shape index (κ3) is 13.0. The number of rotatable bonds is 22. The highest BCUT2D eigenvalue weighted by atomic mass is 33.1. The standard InChI is InChI=1S/C35H46N10O20P2S2/c1-5-68-69-14-19(42(2)35(49)59-11-17-8-20(57-3)21(58-4)9-18(17)45(50)51)33(47)64-29-24(63-32(28(29)46)44-16-40-27-30(37)38-15-39-31(27)44)13-61-67(55,56)65-22-10-26(43-7-6-25(36)41-34(43)48)62-23(22)12-60-66(52,53)54/h6-9,15-16,19,22-24,26,28-29,32,46H,5,10-14H2,1-4H3,(H,55,56)(H2,36,41,48)(H2,37,38,39)(H2,52,53,54)/t19-,22-,23+,24+,26+,28+,29+,32?/m0/s1. The Morgan fingerprint density at radius 3 is 2.42 bits per heavy atom. The van der Waals surface area contributed by atoms with E-state index in [-0.39, 0.29) is 52.0 Å². The van der Waals surface area contributed by atoms with Crippen LogP contribution in [0, 0.1) is 10.1 Å². The third-order valence-corrected chi connectivity index (χ3v) is 14.2. The molecular formula is C35H46N10O20P2S2. The van der Waals surface area contributed by atoms with E-state index in [1.54, 1.807) is 0 Å². The minimum atomic E-state index is -5.30. The highest BCUT2D eigenvalue weighted by Gasteiger charge is 2.50. The number of nitrogen functional groups attached to an aromatic ring is 2. The number of hydrogen-bond donors (Lipinski definition) is 6. The lowest BCUT2D eigenvalue weighted by molar-refractivity contribution is -0.385. The number of esters is 1. The molecule has 9 atom stereocenters. The molecule has 1 aromatic carbocycles. The van der Waals surface area contributed by atoms with Crippen molar-refractivity contribution in [3.05, 3.63) is 63.2 Å². The Kier molecular flexibility index (Phi) is 17.5. The van der Waals surface area contributed by atoms with Crippen LogP contribution in [0.1, 0.15) is 31.4 Å². The fourth-order valence-electron chi connectivity index (χ4n) is 6.91. The zero-order chi connectivity index (χ0) is 50.4. The number of amides is 1. The van der Waals surface area contributed by atoms with E-state index in [1.165, 1.54) is 72.1 Å². The second-order valence-electron chi connectivity index (χ2n) is 14.6. The van der Waals surface area contributed by atoms with Crippen LogP contribution in [-0.4, -0.2) is 153 Å². The number of aliphatic hydroxyl groups is 1. The van der Waals surface area contributed by atoms with E-state index < -0.39 is 113 Å². The Bertz CT molecular complexity index is 2660. The van der Waals surface area contributed by atoms with Gasteiger partial charge < -0.3 is 59.7 Å². The maximum Gasteiger partial charge on any atom is 0.472 e. The molecule has 0 bridgehead atoms. The predicted molar refractivity (Wildman–Crippen MR) is 238 cm³/mol. The lowest BCUT2D eigenvalue weighted by atomic mass is 10.1. The van der Waals surface area contributed by atoms with Crippen molar-refractivity contribution in [2.45, 2.75) is 69.0 Å². The summed E-state index contributed by atoms with van der Waals surface area (Å²) in [7, 11) is -4.13. The van der Waals surface area contributed by atoms with Crippen LogP contribution in [0.2, 0.25) is 0 Å². The summed E-state index contributed by atoms with van der Waals surface area (Å²) in [5.41, 5.74) is 10.3. The van der Waals surface area contributed by atoms with Crippen LogP contribution >= 0.6 is 37.2 Å². The molecule has 2 saturated heterocycles. The van der Waals surface area contributed by atoms with Crippen molar-refractivity contribution < 1.29 is 85.4 Å². The Hall–Kier alpha value is -5.21. The van der Waals surface area contributed by atoms with Crippen LogP contribution in [0.25, 0.3) is 11.2 Å². The molecule has 2 aliphatic heterocycles. The van der Waals surface area contributed by atoms with Gasteiger partial charge in [0.15, 0.2) is 35.3 Å². The Labute approximate surface area is 397 Å². The molecule has 0 radical (unpaired) electrons. The number of carbonyl (C=O) groups is 2. The minimum Gasteiger partial charge on any atom is -0.493 e. The lowest BCUT2D eigenvalue weighted by Gasteiger charge is -2.29. The number of hydrogen-bond acceptors (Lipinski definition) is 25. The first-order valence-electron chi connectivity index (χ1n) is 20.0. The van der Waals surface area contributed by atoms with Gasteiger partial charge in [0, 0.05) is 31.2 Å².